The second-order valence-electron chi connectivity index (χ2n) is 9.47. The molecule has 0 N–H and O–H groups in total. The molecule has 0 rings (SSSR count). The highest BCUT2D eigenvalue weighted by Gasteiger charge is 2.20. The number of rotatable bonds is 10. The zero-order valence-electron chi connectivity index (χ0n) is 17.7. The van der Waals surface area contributed by atoms with Crippen molar-refractivity contribution >= 4 is 29.4 Å². The molecule has 0 saturated carbocycles. The minimum absolute atomic E-state index is 0.316. The van der Waals surface area contributed by atoms with Crippen LogP contribution in [-0.4, -0.2) is 29.4 Å². The molecule has 0 fully saturated rings. The molecule has 132 valence electrons. The van der Waals surface area contributed by atoms with Crippen LogP contribution in [0.5, 0.6) is 0 Å². The lowest BCUT2D eigenvalue weighted by atomic mass is 10.2. The van der Waals surface area contributed by atoms with Crippen molar-refractivity contribution in [2.75, 3.05) is 0 Å². The van der Waals surface area contributed by atoms with Crippen LogP contribution in [0.4, 0.5) is 0 Å². The third-order valence-electron chi connectivity index (χ3n) is 3.98. The van der Waals surface area contributed by atoms with Crippen LogP contribution in [0.2, 0.25) is 26.4 Å². The first-order chi connectivity index (χ1) is 10.0. The Morgan fingerprint density at radius 1 is 0.500 bits per heavy atom. The second-order valence-corrected chi connectivity index (χ2v) is 14.5. The van der Waals surface area contributed by atoms with Crippen molar-refractivity contribution in [3.63, 3.8) is 0 Å². The number of hydrogen-bond donors (Lipinski definition) is 0. The minimum atomic E-state index is -0.407. The Balaban J connectivity index is 0. The smallest absolute Gasteiger partial charge is 0.0950 e. The lowest BCUT2D eigenvalue weighted by molar-refractivity contribution is 0.659. The predicted molar refractivity (Wildman–Crippen MR) is 111 cm³/mol. The monoisotopic (exact) mass is 340 g/mol. The molecule has 0 heterocycles. The summed E-state index contributed by atoms with van der Waals surface area (Å²) in [6.45, 7) is 23.6. The summed E-state index contributed by atoms with van der Waals surface area (Å²) in [7, 11) is 0. The van der Waals surface area contributed by atoms with E-state index in [9.17, 15) is 0 Å². The fourth-order valence-electron chi connectivity index (χ4n) is 3.22. The van der Waals surface area contributed by atoms with Crippen molar-refractivity contribution in [2.24, 2.45) is 29.6 Å². The van der Waals surface area contributed by atoms with Gasteiger partial charge in [0.15, 0.2) is 0 Å². The molecule has 0 aromatic heterocycles. The Bertz CT molecular complexity index is 188. The van der Waals surface area contributed by atoms with Crippen molar-refractivity contribution in [1.82, 2.24) is 0 Å². The fraction of sp³-hybridized carbons (Fsp3) is 1.00. The zero-order chi connectivity index (χ0) is 17.7. The molecule has 0 aromatic rings. The van der Waals surface area contributed by atoms with Gasteiger partial charge in [0, 0.05) is 0 Å². The highest BCUT2D eigenvalue weighted by atomic mass is 27.2. The van der Waals surface area contributed by atoms with Crippen LogP contribution < -0.4 is 0 Å². The van der Waals surface area contributed by atoms with Crippen LogP contribution in [0.15, 0.2) is 0 Å². The molecule has 0 nitrogen and oxygen atoms in total. The standard InChI is InChI=1S/5C4H9.2Al.H/c5*1-4(2)3;;;/h5*4H,1H2,2-3H3;;;. The quantitative estimate of drug-likeness (QED) is 0.375. The maximum atomic E-state index is 2.38. The summed E-state index contributed by atoms with van der Waals surface area (Å²) in [6.07, 6.45) is 0. The molecule has 0 aliphatic heterocycles. The van der Waals surface area contributed by atoms with Gasteiger partial charge in [-0.1, -0.05) is 125 Å². The Kier molecular flexibility index (Phi) is 17.9. The van der Waals surface area contributed by atoms with Gasteiger partial charge < -0.3 is 0 Å². The highest BCUT2D eigenvalue weighted by molar-refractivity contribution is 6.58. The molecule has 0 aliphatic rings. The SMILES string of the molecule is CC(C)[CH2][AlH][CH2]C(C)C.CC(C)[CH2][Al]([CH2]C(C)C)[CH2]C(C)C. The maximum Gasteiger partial charge on any atom is 0.262 e. The average molecular weight is 341 g/mol. The highest BCUT2D eigenvalue weighted by Crippen LogP contribution is 2.21. The van der Waals surface area contributed by atoms with Crippen molar-refractivity contribution in [2.45, 2.75) is 95.7 Å². The van der Waals surface area contributed by atoms with E-state index in [1.807, 2.05) is 0 Å². The van der Waals surface area contributed by atoms with E-state index < -0.39 is 14.1 Å². The largest absolute Gasteiger partial charge is 0.262 e. The minimum Gasteiger partial charge on any atom is -0.0950 e. The van der Waals surface area contributed by atoms with Gasteiger partial charge in [0.1, 0.15) is 0 Å². The van der Waals surface area contributed by atoms with Gasteiger partial charge in [0.25, 0.3) is 14.1 Å². The van der Waals surface area contributed by atoms with Gasteiger partial charge in [-0.25, -0.2) is 0 Å². The summed E-state index contributed by atoms with van der Waals surface area (Å²) in [5.74, 6) is 4.68. The van der Waals surface area contributed by atoms with Gasteiger partial charge in [-0.2, -0.15) is 0 Å². The Labute approximate surface area is 154 Å². The Morgan fingerprint density at radius 2 is 0.773 bits per heavy atom. The summed E-state index contributed by atoms with van der Waals surface area (Å²) < 4.78 is 0. The van der Waals surface area contributed by atoms with E-state index in [1.165, 1.54) is 10.6 Å². The van der Waals surface area contributed by atoms with Gasteiger partial charge in [0.05, 0.1) is 0 Å². The van der Waals surface area contributed by atoms with Crippen molar-refractivity contribution in [1.29, 1.82) is 0 Å². The first-order valence-corrected chi connectivity index (χ1v) is 14.5. The van der Waals surface area contributed by atoms with Crippen molar-refractivity contribution in [3.8, 4) is 0 Å². The van der Waals surface area contributed by atoms with E-state index in [2.05, 4.69) is 69.2 Å². The van der Waals surface area contributed by atoms with Crippen LogP contribution in [0.3, 0.4) is 0 Å². The number of hydrogen-bond acceptors (Lipinski definition) is 0. The van der Waals surface area contributed by atoms with Crippen LogP contribution in [0, 0.1) is 29.6 Å². The molecule has 0 saturated heterocycles. The molecule has 0 aliphatic carbocycles. The zero-order valence-corrected chi connectivity index (χ0v) is 20.3. The molecule has 0 aromatic carbocycles. The summed E-state index contributed by atoms with van der Waals surface area (Å²) in [5.41, 5.74) is 0. The third kappa shape index (κ3) is 23.3. The molecular weight excluding hydrogens is 294 g/mol. The third-order valence-corrected chi connectivity index (χ3v) is 11.9. The summed E-state index contributed by atoms with van der Waals surface area (Å²) in [5, 5.41) is 7.74. The first kappa shape index (κ1) is 25.3. The average Bonchev–Trinajstić information content (AvgIpc) is 2.25. The van der Waals surface area contributed by atoms with Crippen LogP contribution in [0.1, 0.15) is 69.2 Å². The molecule has 2 heteroatoms. The first-order valence-electron chi connectivity index (χ1n) is 10.0. The second kappa shape index (κ2) is 15.6. The molecule has 0 bridgehead atoms. The maximum absolute atomic E-state index is 2.38. The van der Waals surface area contributed by atoms with E-state index in [0.717, 1.165) is 29.6 Å². The van der Waals surface area contributed by atoms with Crippen molar-refractivity contribution in [3.05, 3.63) is 0 Å². The van der Waals surface area contributed by atoms with E-state index in [1.54, 1.807) is 15.8 Å². The molecule has 0 amide bonds. The van der Waals surface area contributed by atoms with E-state index in [0.29, 0.717) is 15.2 Å². The van der Waals surface area contributed by atoms with E-state index >= 15 is 0 Å². The molecule has 22 heavy (non-hydrogen) atoms. The molecule has 0 atom stereocenters. The van der Waals surface area contributed by atoms with Gasteiger partial charge in [0.2, 0.25) is 15.2 Å². The topological polar surface area (TPSA) is 0 Å². The van der Waals surface area contributed by atoms with Gasteiger partial charge in [-0.3, -0.25) is 0 Å². The fourth-order valence-corrected chi connectivity index (χ4v) is 9.67. The van der Waals surface area contributed by atoms with E-state index in [4.69, 9.17) is 0 Å². The van der Waals surface area contributed by atoms with Gasteiger partial charge in [-0.15, -0.1) is 0 Å². The van der Waals surface area contributed by atoms with Crippen molar-refractivity contribution < 1.29 is 0 Å². The molecule has 0 spiro atoms. The predicted octanol–water partition coefficient (Wildman–Crippen LogP) is 7.02. The van der Waals surface area contributed by atoms with Crippen LogP contribution >= 0.6 is 0 Å². The van der Waals surface area contributed by atoms with Crippen LogP contribution in [-0.2, 0) is 0 Å². The van der Waals surface area contributed by atoms with E-state index in [-0.39, 0.29) is 0 Å². The molecule has 0 radical (unpaired) electrons. The Morgan fingerprint density at radius 3 is 0.955 bits per heavy atom. The van der Waals surface area contributed by atoms with Gasteiger partial charge in [-0.05, 0) is 0 Å². The Hall–Kier alpha value is 1.06. The lowest BCUT2D eigenvalue weighted by Crippen LogP contribution is -2.19. The summed E-state index contributed by atoms with van der Waals surface area (Å²) >= 11 is -0.0910. The van der Waals surface area contributed by atoms with Gasteiger partial charge >= 0.3 is 0 Å². The summed E-state index contributed by atoms with van der Waals surface area (Å²) in [6, 6.07) is 0. The molecular formula is C20H46Al2. The normalized spacial score (nSPS) is 11.4. The molecule has 0 unspecified atom stereocenters. The summed E-state index contributed by atoms with van der Waals surface area (Å²) in [4.78, 5) is 0. The van der Waals surface area contributed by atoms with Crippen LogP contribution in [0.25, 0.3) is 0 Å². The lowest BCUT2D eigenvalue weighted by Gasteiger charge is -2.17.